The first-order valence-electron chi connectivity index (χ1n) is 7.10. The smallest absolute Gasteiger partial charge is 0.216 e. The van der Waals surface area contributed by atoms with Gasteiger partial charge in [0, 0.05) is 20.1 Å². The molecule has 0 saturated carbocycles. The van der Waals surface area contributed by atoms with Crippen molar-refractivity contribution in [2.24, 2.45) is 5.92 Å². The maximum Gasteiger partial charge on any atom is 0.216 e. The van der Waals surface area contributed by atoms with Crippen LogP contribution in [0.5, 0.6) is 0 Å². The van der Waals surface area contributed by atoms with Gasteiger partial charge in [0.15, 0.2) is 0 Å². The van der Waals surface area contributed by atoms with E-state index in [-0.39, 0.29) is 5.91 Å². The van der Waals surface area contributed by atoms with Gasteiger partial charge in [-0.25, -0.2) is 0 Å². The summed E-state index contributed by atoms with van der Waals surface area (Å²) < 4.78 is 16.1. The normalized spacial score (nSPS) is 10.9. The molecule has 0 heterocycles. The summed E-state index contributed by atoms with van der Waals surface area (Å²) >= 11 is 0. The van der Waals surface area contributed by atoms with Crippen molar-refractivity contribution >= 4 is 5.91 Å². The quantitative estimate of drug-likeness (QED) is 0.519. The van der Waals surface area contributed by atoms with Crippen LogP contribution in [0.15, 0.2) is 0 Å². The molecule has 0 spiro atoms. The van der Waals surface area contributed by atoms with Crippen LogP contribution < -0.4 is 5.32 Å². The molecule has 0 unspecified atom stereocenters. The van der Waals surface area contributed by atoms with Gasteiger partial charge >= 0.3 is 0 Å². The van der Waals surface area contributed by atoms with E-state index in [1.165, 1.54) is 13.3 Å². The van der Waals surface area contributed by atoms with Crippen molar-refractivity contribution in [1.82, 2.24) is 5.32 Å². The first kappa shape index (κ1) is 18.4. The zero-order valence-corrected chi connectivity index (χ0v) is 12.6. The number of ether oxygens (including phenoxy) is 3. The number of nitrogens with one attached hydrogen (secondary N) is 1. The lowest BCUT2D eigenvalue weighted by molar-refractivity contribution is -0.119. The number of carbonyl (C=O) groups excluding carboxylic acids is 1. The summed E-state index contributed by atoms with van der Waals surface area (Å²) in [5.41, 5.74) is 0. The van der Waals surface area contributed by atoms with E-state index in [4.69, 9.17) is 14.2 Å². The zero-order chi connectivity index (χ0) is 14.3. The minimum atomic E-state index is -0.0329. The molecule has 19 heavy (non-hydrogen) atoms. The number of hydrogen-bond donors (Lipinski definition) is 1. The summed E-state index contributed by atoms with van der Waals surface area (Å²) in [4.78, 5) is 10.6. The molecule has 5 nitrogen and oxygen atoms in total. The molecule has 1 N–H and O–H groups in total. The van der Waals surface area contributed by atoms with Crippen LogP contribution in [0.25, 0.3) is 0 Å². The van der Waals surface area contributed by atoms with Crippen molar-refractivity contribution in [2.75, 3.05) is 46.2 Å². The zero-order valence-electron chi connectivity index (χ0n) is 12.6. The lowest BCUT2D eigenvalue weighted by Gasteiger charge is -2.07. The third-order valence-electron chi connectivity index (χ3n) is 2.43. The second kappa shape index (κ2) is 13.8. The van der Waals surface area contributed by atoms with Crippen molar-refractivity contribution in [3.8, 4) is 0 Å². The van der Waals surface area contributed by atoms with Crippen LogP contribution in [0.3, 0.4) is 0 Å². The van der Waals surface area contributed by atoms with Gasteiger partial charge in [0.2, 0.25) is 5.91 Å². The highest BCUT2D eigenvalue weighted by Gasteiger charge is 1.95. The van der Waals surface area contributed by atoms with Crippen molar-refractivity contribution in [2.45, 2.75) is 33.6 Å². The minimum absolute atomic E-state index is 0.0329. The van der Waals surface area contributed by atoms with E-state index in [0.29, 0.717) is 39.6 Å². The average molecular weight is 275 g/mol. The van der Waals surface area contributed by atoms with Gasteiger partial charge in [-0.15, -0.1) is 0 Å². The largest absolute Gasteiger partial charge is 0.379 e. The highest BCUT2D eigenvalue weighted by molar-refractivity contribution is 5.72. The molecule has 0 rings (SSSR count). The number of amides is 1. The molecule has 114 valence electrons. The Bertz CT molecular complexity index is 210. The van der Waals surface area contributed by atoms with Crippen molar-refractivity contribution in [3.63, 3.8) is 0 Å². The summed E-state index contributed by atoms with van der Waals surface area (Å²) in [6.45, 7) is 10.2. The van der Waals surface area contributed by atoms with Crippen molar-refractivity contribution in [3.05, 3.63) is 0 Å². The summed E-state index contributed by atoms with van der Waals surface area (Å²) in [7, 11) is 0. The SMILES string of the molecule is CC(=O)NCCOCCOCCOCCCC(C)C. The molecular weight excluding hydrogens is 246 g/mol. The monoisotopic (exact) mass is 275 g/mol. The maximum atomic E-state index is 10.6. The van der Waals surface area contributed by atoms with Gasteiger partial charge in [0.25, 0.3) is 0 Å². The van der Waals surface area contributed by atoms with E-state index in [1.807, 2.05) is 0 Å². The Balaban J connectivity index is 2.97. The number of rotatable bonds is 13. The lowest BCUT2D eigenvalue weighted by Crippen LogP contribution is -2.25. The summed E-state index contributed by atoms with van der Waals surface area (Å²) in [6, 6.07) is 0. The number of carbonyl (C=O) groups is 1. The highest BCUT2D eigenvalue weighted by atomic mass is 16.5. The topological polar surface area (TPSA) is 56.8 Å². The summed E-state index contributed by atoms with van der Waals surface area (Å²) in [5, 5.41) is 2.66. The van der Waals surface area contributed by atoms with Gasteiger partial charge in [-0.3, -0.25) is 4.79 Å². The van der Waals surface area contributed by atoms with Crippen molar-refractivity contribution < 1.29 is 19.0 Å². The highest BCUT2D eigenvalue weighted by Crippen LogP contribution is 2.02. The Morgan fingerprint density at radius 1 is 0.947 bits per heavy atom. The fourth-order valence-corrected chi connectivity index (χ4v) is 1.43. The molecule has 0 aromatic carbocycles. The first-order valence-corrected chi connectivity index (χ1v) is 7.10. The van der Waals surface area contributed by atoms with Crippen molar-refractivity contribution in [1.29, 1.82) is 0 Å². The maximum absolute atomic E-state index is 10.6. The summed E-state index contributed by atoms with van der Waals surface area (Å²) in [6.07, 6.45) is 2.33. The third kappa shape index (κ3) is 17.4. The van der Waals surface area contributed by atoms with Gasteiger partial charge in [-0.05, 0) is 18.8 Å². The van der Waals surface area contributed by atoms with Crippen LogP contribution >= 0.6 is 0 Å². The van der Waals surface area contributed by atoms with E-state index < -0.39 is 0 Å². The number of hydrogen-bond acceptors (Lipinski definition) is 4. The average Bonchev–Trinajstić information content (AvgIpc) is 2.34. The van der Waals surface area contributed by atoms with E-state index in [9.17, 15) is 4.79 Å². The Hall–Kier alpha value is -0.650. The molecule has 0 bridgehead atoms. The van der Waals surface area contributed by atoms with E-state index in [1.54, 1.807) is 0 Å². The molecule has 0 radical (unpaired) electrons. The van der Waals surface area contributed by atoms with Gasteiger partial charge in [-0.1, -0.05) is 13.8 Å². The Kier molecular flexibility index (Phi) is 13.3. The van der Waals surface area contributed by atoms with Gasteiger partial charge in [0.05, 0.1) is 33.0 Å². The fourth-order valence-electron chi connectivity index (χ4n) is 1.43. The van der Waals surface area contributed by atoms with Crippen LogP contribution in [0.4, 0.5) is 0 Å². The second-order valence-corrected chi connectivity index (χ2v) is 4.86. The van der Waals surface area contributed by atoms with E-state index >= 15 is 0 Å². The Morgan fingerprint density at radius 2 is 1.47 bits per heavy atom. The molecule has 0 fully saturated rings. The van der Waals surface area contributed by atoms with E-state index in [2.05, 4.69) is 19.2 Å². The second-order valence-electron chi connectivity index (χ2n) is 4.86. The molecular formula is C14H29NO4. The molecule has 0 aliphatic heterocycles. The van der Waals surface area contributed by atoms with Crippen LogP contribution in [-0.4, -0.2) is 52.1 Å². The van der Waals surface area contributed by atoms with Gasteiger partial charge in [-0.2, -0.15) is 0 Å². The lowest BCUT2D eigenvalue weighted by atomic mass is 10.1. The summed E-state index contributed by atoms with van der Waals surface area (Å²) in [5.74, 6) is 0.712. The molecule has 0 aliphatic rings. The molecule has 0 atom stereocenters. The Labute approximate surface area is 117 Å². The van der Waals surface area contributed by atoms with Crippen LogP contribution in [0.2, 0.25) is 0 Å². The molecule has 1 amide bonds. The molecule has 0 aromatic rings. The van der Waals surface area contributed by atoms with Crippen LogP contribution in [0, 0.1) is 5.92 Å². The fraction of sp³-hybridized carbons (Fsp3) is 0.929. The standard InChI is InChI=1S/C14H29NO4/c1-13(2)5-4-7-17-9-11-19-12-10-18-8-6-15-14(3)16/h13H,4-12H2,1-3H3,(H,15,16). The Morgan fingerprint density at radius 3 is 2.00 bits per heavy atom. The molecule has 0 aliphatic carbocycles. The van der Waals surface area contributed by atoms with E-state index in [0.717, 1.165) is 18.9 Å². The minimum Gasteiger partial charge on any atom is -0.379 e. The molecule has 5 heteroatoms. The third-order valence-corrected chi connectivity index (χ3v) is 2.43. The molecule has 0 saturated heterocycles. The van der Waals surface area contributed by atoms with Gasteiger partial charge in [0.1, 0.15) is 0 Å². The van der Waals surface area contributed by atoms with Crippen LogP contribution in [-0.2, 0) is 19.0 Å². The molecule has 0 aromatic heterocycles. The van der Waals surface area contributed by atoms with Crippen LogP contribution in [0.1, 0.15) is 33.6 Å². The first-order chi connectivity index (χ1) is 9.13. The predicted molar refractivity (Wildman–Crippen MR) is 75.2 cm³/mol. The van der Waals surface area contributed by atoms with Gasteiger partial charge < -0.3 is 19.5 Å². The predicted octanol–water partition coefficient (Wildman–Crippen LogP) is 1.61.